The van der Waals surface area contributed by atoms with Gasteiger partial charge in [0, 0.05) is 52.8 Å². The summed E-state index contributed by atoms with van der Waals surface area (Å²) in [5, 5.41) is 3.89. The molecule has 0 spiro atoms. The predicted octanol–water partition coefficient (Wildman–Crippen LogP) is 5.92. The first-order valence-corrected chi connectivity index (χ1v) is 12.4. The van der Waals surface area contributed by atoms with Crippen molar-refractivity contribution < 1.29 is 4.79 Å². The summed E-state index contributed by atoms with van der Waals surface area (Å²) < 4.78 is 0. The van der Waals surface area contributed by atoms with Crippen molar-refractivity contribution in [1.29, 1.82) is 0 Å². The number of urea groups is 1. The van der Waals surface area contributed by atoms with E-state index in [1.807, 2.05) is 48.5 Å². The van der Waals surface area contributed by atoms with E-state index in [1.54, 1.807) is 23.1 Å². The van der Waals surface area contributed by atoms with Crippen molar-refractivity contribution in [3.8, 4) is 11.1 Å². The van der Waals surface area contributed by atoms with Crippen LogP contribution in [0.3, 0.4) is 0 Å². The number of amides is 2. The lowest BCUT2D eigenvalue weighted by Crippen LogP contribution is -2.41. The van der Waals surface area contributed by atoms with Crippen LogP contribution in [0.4, 0.5) is 21.9 Å². The first-order valence-electron chi connectivity index (χ1n) is 11.7. The van der Waals surface area contributed by atoms with Gasteiger partial charge in [0.1, 0.15) is 0 Å². The van der Waals surface area contributed by atoms with E-state index in [0.29, 0.717) is 28.3 Å². The van der Waals surface area contributed by atoms with Gasteiger partial charge in [-0.1, -0.05) is 47.5 Å². The molecule has 1 aliphatic heterocycles. The van der Waals surface area contributed by atoms with Crippen molar-refractivity contribution in [3.05, 3.63) is 76.8 Å². The molecule has 184 valence electrons. The number of carbonyl (C=O) groups excluding carboxylic acids is 1. The molecule has 0 aliphatic carbocycles. The highest BCUT2D eigenvalue weighted by atomic mass is 35.5. The molecule has 0 aromatic heterocycles. The summed E-state index contributed by atoms with van der Waals surface area (Å²) in [4.78, 5) is 19.8. The lowest BCUT2D eigenvalue weighted by atomic mass is 10.0. The van der Waals surface area contributed by atoms with Crippen LogP contribution in [0.1, 0.15) is 6.42 Å². The average Bonchev–Trinajstić information content (AvgIpc) is 3.28. The van der Waals surface area contributed by atoms with E-state index in [1.165, 1.54) is 0 Å². The third kappa shape index (κ3) is 6.67. The highest BCUT2D eigenvalue weighted by Gasteiger charge is 2.25. The summed E-state index contributed by atoms with van der Waals surface area (Å²) in [5.41, 5.74) is 10.1. The van der Waals surface area contributed by atoms with E-state index >= 15 is 0 Å². The van der Waals surface area contributed by atoms with Gasteiger partial charge in [-0.05, 0) is 80.7 Å². The van der Waals surface area contributed by atoms with Crippen LogP contribution in [0.25, 0.3) is 11.1 Å². The fourth-order valence-corrected chi connectivity index (χ4v) is 4.92. The lowest BCUT2D eigenvalue weighted by molar-refractivity contribution is 0.252. The normalized spacial score (nSPS) is 16.0. The van der Waals surface area contributed by atoms with Crippen LogP contribution in [0, 0.1) is 0 Å². The smallest absolute Gasteiger partial charge is 0.326 e. The quantitative estimate of drug-likeness (QED) is 0.386. The van der Waals surface area contributed by atoms with Crippen molar-refractivity contribution >= 4 is 46.3 Å². The third-order valence-electron chi connectivity index (χ3n) is 6.38. The fraction of sp³-hybridized carbons (Fsp3) is 0.296. The molecule has 35 heavy (non-hydrogen) atoms. The number of carbonyl (C=O) groups is 1. The molecule has 0 radical (unpaired) electrons. The van der Waals surface area contributed by atoms with Crippen LogP contribution in [-0.2, 0) is 0 Å². The minimum absolute atomic E-state index is 0.233. The van der Waals surface area contributed by atoms with Gasteiger partial charge in [0.05, 0.1) is 0 Å². The molecule has 1 fully saturated rings. The summed E-state index contributed by atoms with van der Waals surface area (Å²) in [6.07, 6.45) is 1.13. The van der Waals surface area contributed by atoms with Gasteiger partial charge in [0.25, 0.3) is 0 Å². The van der Waals surface area contributed by atoms with Gasteiger partial charge in [-0.2, -0.15) is 0 Å². The number of rotatable bonds is 7. The van der Waals surface area contributed by atoms with Crippen molar-refractivity contribution in [1.82, 2.24) is 9.80 Å². The number of nitrogens with zero attached hydrogens (tertiary/aromatic N) is 3. The Kier molecular flexibility index (Phi) is 8.19. The van der Waals surface area contributed by atoms with Gasteiger partial charge in [-0.3, -0.25) is 9.80 Å². The van der Waals surface area contributed by atoms with Crippen LogP contribution in [0.2, 0.25) is 10.0 Å². The lowest BCUT2D eigenvalue weighted by Gasteiger charge is -2.27. The zero-order valence-electron chi connectivity index (χ0n) is 20.0. The maximum Gasteiger partial charge on any atom is 0.326 e. The standard InChI is InChI=1S/C27H31Cl2N5O/c1-32(2)26-10-11-33(18-26)12-13-34(27(35)31-24-16-21(28)15-22(29)17-24)25-8-6-19(7-9-25)20-4-3-5-23(30)14-20/h3-9,14-17,26H,10-13,18,30H2,1-2H3,(H,31,35)/t26-/m1/s1. The molecule has 4 rings (SSSR count). The number of likely N-dealkylation sites (tertiary alicyclic amines) is 1. The summed E-state index contributed by atoms with van der Waals surface area (Å²) in [6.45, 7) is 3.36. The van der Waals surface area contributed by atoms with Gasteiger partial charge in [0.2, 0.25) is 0 Å². The van der Waals surface area contributed by atoms with Gasteiger partial charge < -0.3 is 16.0 Å². The Morgan fingerprint density at radius 2 is 1.74 bits per heavy atom. The second kappa shape index (κ2) is 11.3. The van der Waals surface area contributed by atoms with Crippen molar-refractivity contribution in [2.75, 3.05) is 56.2 Å². The molecule has 3 aromatic carbocycles. The Balaban J connectivity index is 1.53. The fourth-order valence-electron chi connectivity index (χ4n) is 4.40. The van der Waals surface area contributed by atoms with E-state index in [-0.39, 0.29) is 6.03 Å². The number of hydrogen-bond acceptors (Lipinski definition) is 4. The largest absolute Gasteiger partial charge is 0.399 e. The second-order valence-corrected chi connectivity index (χ2v) is 9.99. The van der Waals surface area contributed by atoms with Crippen LogP contribution < -0.4 is 16.0 Å². The second-order valence-electron chi connectivity index (χ2n) is 9.12. The molecule has 8 heteroatoms. The number of nitrogen functional groups attached to an aromatic ring is 1. The summed E-state index contributed by atoms with van der Waals surface area (Å²) in [5.74, 6) is 0. The Morgan fingerprint density at radius 3 is 2.37 bits per heavy atom. The molecule has 1 heterocycles. The summed E-state index contributed by atoms with van der Waals surface area (Å²) in [7, 11) is 4.23. The van der Waals surface area contributed by atoms with Crippen LogP contribution in [0.15, 0.2) is 66.7 Å². The number of hydrogen-bond donors (Lipinski definition) is 2. The van der Waals surface area contributed by atoms with Gasteiger partial charge in [-0.25, -0.2) is 4.79 Å². The van der Waals surface area contributed by atoms with Crippen molar-refractivity contribution in [2.24, 2.45) is 0 Å². The maximum absolute atomic E-state index is 13.4. The van der Waals surface area contributed by atoms with Crippen molar-refractivity contribution in [2.45, 2.75) is 12.5 Å². The number of nitrogens with two attached hydrogens (primary N) is 1. The Hall–Kier alpha value is -2.77. The van der Waals surface area contributed by atoms with Crippen LogP contribution in [-0.4, -0.2) is 62.1 Å². The van der Waals surface area contributed by atoms with E-state index in [9.17, 15) is 4.79 Å². The third-order valence-corrected chi connectivity index (χ3v) is 6.81. The molecule has 6 nitrogen and oxygen atoms in total. The number of benzene rings is 3. The summed E-state index contributed by atoms with van der Waals surface area (Å²) >= 11 is 12.3. The SMILES string of the molecule is CN(C)[C@@H]1CCN(CCN(C(=O)Nc2cc(Cl)cc(Cl)c2)c2ccc(-c3cccc(N)c3)cc2)C1. The van der Waals surface area contributed by atoms with E-state index in [4.69, 9.17) is 28.9 Å². The molecule has 2 amide bonds. The molecular formula is C27H31Cl2N5O. The first-order chi connectivity index (χ1) is 16.8. The van der Waals surface area contributed by atoms with Crippen LogP contribution >= 0.6 is 23.2 Å². The zero-order valence-corrected chi connectivity index (χ0v) is 21.6. The topological polar surface area (TPSA) is 64.8 Å². The van der Waals surface area contributed by atoms with E-state index in [0.717, 1.165) is 48.6 Å². The minimum Gasteiger partial charge on any atom is -0.399 e. The van der Waals surface area contributed by atoms with Gasteiger partial charge in [0.15, 0.2) is 0 Å². The molecule has 0 bridgehead atoms. The minimum atomic E-state index is -0.233. The van der Waals surface area contributed by atoms with Gasteiger partial charge in [-0.15, -0.1) is 0 Å². The van der Waals surface area contributed by atoms with Crippen molar-refractivity contribution in [3.63, 3.8) is 0 Å². The zero-order chi connectivity index (χ0) is 24.9. The number of anilines is 3. The van der Waals surface area contributed by atoms with Crippen LogP contribution in [0.5, 0.6) is 0 Å². The molecule has 3 aromatic rings. The Morgan fingerprint density at radius 1 is 1.03 bits per heavy atom. The van der Waals surface area contributed by atoms with Gasteiger partial charge >= 0.3 is 6.03 Å². The molecule has 0 saturated carbocycles. The molecule has 3 N–H and O–H groups in total. The average molecular weight is 512 g/mol. The number of nitrogens with one attached hydrogen (secondary N) is 1. The molecule has 1 aliphatic rings. The Labute approximate surface area is 217 Å². The molecule has 0 unspecified atom stereocenters. The monoisotopic (exact) mass is 511 g/mol. The van der Waals surface area contributed by atoms with E-state index in [2.05, 4.69) is 29.2 Å². The Bertz CT molecular complexity index is 1150. The molecule has 1 atom stereocenters. The highest BCUT2D eigenvalue weighted by molar-refractivity contribution is 6.35. The first kappa shape index (κ1) is 25.3. The highest BCUT2D eigenvalue weighted by Crippen LogP contribution is 2.27. The number of halogens is 2. The number of likely N-dealkylation sites (N-methyl/N-ethyl adjacent to an activating group) is 1. The maximum atomic E-state index is 13.4. The molecular weight excluding hydrogens is 481 g/mol. The molecule has 1 saturated heterocycles. The summed E-state index contributed by atoms with van der Waals surface area (Å²) in [6, 6.07) is 21.1. The van der Waals surface area contributed by atoms with E-state index < -0.39 is 0 Å². The predicted molar refractivity (Wildman–Crippen MR) is 148 cm³/mol.